The molecule has 17 heavy (non-hydrogen) atoms. The summed E-state index contributed by atoms with van der Waals surface area (Å²) in [6.07, 6.45) is 0. The Bertz CT molecular complexity index is 485. The maximum Gasteiger partial charge on any atom is 1.04 e. The second kappa shape index (κ2) is 3.44. The zero-order chi connectivity index (χ0) is 12.8. The Labute approximate surface area is 96.1 Å². The van der Waals surface area contributed by atoms with Gasteiger partial charge in [0.25, 0.3) is 5.78 Å². The Morgan fingerprint density at radius 1 is 1.12 bits per heavy atom. The lowest BCUT2D eigenvalue weighted by molar-refractivity contribution is -0.378. The fourth-order valence-electron chi connectivity index (χ4n) is 1.80. The summed E-state index contributed by atoms with van der Waals surface area (Å²) in [5.74, 6) is -2.26. The molecule has 0 aromatic rings. The molecule has 0 radical (unpaired) electrons. The third-order valence-electron chi connectivity index (χ3n) is 2.37. The van der Waals surface area contributed by atoms with Crippen molar-refractivity contribution in [1.82, 2.24) is 0 Å². The Hall–Kier alpha value is -2.12. The number of carbonyl (C=O) groups is 3. The van der Waals surface area contributed by atoms with E-state index in [4.69, 9.17) is 9.00 Å². The molecule has 0 bridgehead atoms. The molecule has 0 saturated carbocycles. The quantitative estimate of drug-likeness (QED) is 0.266. The number of ketones is 2. The second-order valence-corrected chi connectivity index (χ2v) is 3.67. The molecule has 1 spiro atoms. The fourth-order valence-corrected chi connectivity index (χ4v) is 1.80. The normalized spacial score (nSPS) is 21.9. The van der Waals surface area contributed by atoms with Crippen LogP contribution in [-0.4, -0.2) is 30.5 Å². The number of hydrogen-bond acceptors (Lipinski definition) is 6. The summed E-state index contributed by atoms with van der Waals surface area (Å²) >= 11 is 0. The molecule has 0 unspecified atom stereocenters. The summed E-state index contributed by atoms with van der Waals surface area (Å²) < 4.78 is 19.4. The van der Waals surface area contributed by atoms with Crippen LogP contribution in [0.1, 0.15) is 20.8 Å². The van der Waals surface area contributed by atoms with Crippen molar-refractivity contribution >= 4 is 30.5 Å². The fraction of sp³-hybridized carbons (Fsp3) is 0.333. The average molecular weight is 240 g/mol. The molecular weight excluding hydrogens is 231 g/mol. The molecule has 0 aliphatic carbocycles. The minimum atomic E-state index is -2.93. The van der Waals surface area contributed by atoms with Gasteiger partial charge in [-0.2, -0.15) is 0 Å². The summed E-state index contributed by atoms with van der Waals surface area (Å²) in [5.41, 5.74) is 0.233. The standard InChI is InChI=1S/C9H9BO7/c1-4(11)7-5(2)14-10(15-6(7)3)16-8(12)9(13)17-10/h1-3H3. The Morgan fingerprint density at radius 2 is 1.65 bits per heavy atom. The van der Waals surface area contributed by atoms with E-state index in [9.17, 15) is 14.4 Å². The number of hydrogen-bond donors (Lipinski definition) is 0. The zero-order valence-electron chi connectivity index (χ0n) is 9.44. The van der Waals surface area contributed by atoms with Crippen LogP contribution >= 0.6 is 0 Å². The molecule has 1 fully saturated rings. The van der Waals surface area contributed by atoms with E-state index in [0.717, 1.165) is 0 Å². The van der Waals surface area contributed by atoms with Crippen molar-refractivity contribution in [3.8, 4) is 0 Å². The molecule has 2 aliphatic rings. The van der Waals surface area contributed by atoms with Crippen LogP contribution in [0.25, 0.3) is 0 Å². The van der Waals surface area contributed by atoms with Crippen LogP contribution in [0.4, 0.5) is 0 Å². The highest BCUT2D eigenvalue weighted by molar-refractivity contribution is 6.65. The number of rotatable bonds is 1. The SMILES string of the molecule is CC(=O)C1=C(C)O[B-]2(OC(=O)C(=O)O2)[O+]=C1C. The third-order valence-corrected chi connectivity index (χ3v) is 2.37. The average Bonchev–Trinajstić information content (AvgIpc) is 2.38. The van der Waals surface area contributed by atoms with Gasteiger partial charge in [0.1, 0.15) is 5.57 Å². The van der Waals surface area contributed by atoms with Crippen molar-refractivity contribution < 1.29 is 32.7 Å². The Balaban J connectivity index is 2.39. The minimum Gasteiger partial charge on any atom is -0.554 e. The van der Waals surface area contributed by atoms with Crippen LogP contribution in [0, 0.1) is 0 Å². The summed E-state index contributed by atoms with van der Waals surface area (Å²) in [5, 5.41) is 0. The minimum absolute atomic E-state index is 0.184. The predicted molar refractivity (Wildman–Crippen MR) is 53.1 cm³/mol. The van der Waals surface area contributed by atoms with Crippen LogP contribution in [0.5, 0.6) is 0 Å². The molecule has 2 heterocycles. The first-order valence-corrected chi connectivity index (χ1v) is 4.87. The molecule has 0 aromatic carbocycles. The van der Waals surface area contributed by atoms with Crippen LogP contribution in [-0.2, 0) is 32.7 Å². The van der Waals surface area contributed by atoms with E-state index in [1.807, 2.05) is 0 Å². The van der Waals surface area contributed by atoms with Crippen molar-refractivity contribution in [3.05, 3.63) is 11.3 Å². The first-order valence-electron chi connectivity index (χ1n) is 4.87. The molecule has 8 heteroatoms. The lowest BCUT2D eigenvalue weighted by atomic mass is 9.99. The van der Waals surface area contributed by atoms with E-state index in [2.05, 4.69) is 9.31 Å². The summed E-state index contributed by atoms with van der Waals surface area (Å²) in [4.78, 5) is 33.2. The highest BCUT2D eigenvalue weighted by Gasteiger charge is 2.68. The van der Waals surface area contributed by atoms with Crippen molar-refractivity contribution in [2.24, 2.45) is 0 Å². The van der Waals surface area contributed by atoms with Crippen LogP contribution in [0.15, 0.2) is 11.3 Å². The molecule has 0 N–H and O–H groups in total. The largest absolute Gasteiger partial charge is 1.04 e. The van der Waals surface area contributed by atoms with E-state index in [0.29, 0.717) is 0 Å². The molecule has 2 aliphatic heterocycles. The van der Waals surface area contributed by atoms with Gasteiger partial charge in [-0.25, -0.2) is 9.59 Å². The van der Waals surface area contributed by atoms with E-state index in [-0.39, 0.29) is 22.9 Å². The lowest BCUT2D eigenvalue weighted by Crippen LogP contribution is -2.47. The van der Waals surface area contributed by atoms with Gasteiger partial charge in [0.05, 0.1) is 5.76 Å². The van der Waals surface area contributed by atoms with Crippen LogP contribution < -0.4 is 0 Å². The highest BCUT2D eigenvalue weighted by atomic mass is 16.9. The van der Waals surface area contributed by atoms with Crippen molar-refractivity contribution in [2.45, 2.75) is 20.8 Å². The zero-order valence-corrected chi connectivity index (χ0v) is 9.44. The van der Waals surface area contributed by atoms with Crippen molar-refractivity contribution in [2.75, 3.05) is 0 Å². The second-order valence-electron chi connectivity index (χ2n) is 3.67. The van der Waals surface area contributed by atoms with Gasteiger partial charge in [0.15, 0.2) is 5.78 Å². The molecule has 0 aromatic heterocycles. The van der Waals surface area contributed by atoms with Crippen LogP contribution in [0.3, 0.4) is 0 Å². The number of allylic oxidation sites excluding steroid dienone is 2. The Morgan fingerprint density at radius 3 is 2.06 bits per heavy atom. The van der Waals surface area contributed by atoms with E-state index in [1.54, 1.807) is 0 Å². The van der Waals surface area contributed by atoms with Crippen molar-refractivity contribution in [3.63, 3.8) is 0 Å². The first-order chi connectivity index (χ1) is 7.84. The van der Waals surface area contributed by atoms with Gasteiger partial charge in [-0.15, -0.1) is 0 Å². The van der Waals surface area contributed by atoms with Crippen LogP contribution in [0.2, 0.25) is 0 Å². The predicted octanol–water partition coefficient (Wildman–Crippen LogP) is -0.460. The summed E-state index contributed by atoms with van der Waals surface area (Å²) in [6, 6.07) is 0. The smallest absolute Gasteiger partial charge is 0.554 e. The maximum absolute atomic E-state index is 11.3. The van der Waals surface area contributed by atoms with E-state index >= 15 is 0 Å². The monoisotopic (exact) mass is 240 g/mol. The van der Waals surface area contributed by atoms with Gasteiger partial charge >= 0.3 is 18.9 Å². The maximum atomic E-state index is 11.3. The third kappa shape index (κ3) is 1.71. The van der Waals surface area contributed by atoms with Gasteiger partial charge in [0.2, 0.25) is 0 Å². The molecule has 2 rings (SSSR count). The van der Waals surface area contributed by atoms with Gasteiger partial charge in [-0.1, -0.05) is 0 Å². The molecule has 1 saturated heterocycles. The number of carbonyl (C=O) groups excluding carboxylic acids is 4. The molecular formula is C9H9BO7. The van der Waals surface area contributed by atoms with Gasteiger partial charge in [-0.05, 0) is 13.8 Å². The molecule has 0 atom stereocenters. The molecule has 0 amide bonds. The lowest BCUT2D eigenvalue weighted by Gasteiger charge is -2.23. The number of Topliss-reactive ketones (excluding diaryl/α,β-unsaturated/α-hetero) is 1. The molecule has 7 nitrogen and oxygen atoms in total. The summed E-state index contributed by atoms with van der Waals surface area (Å²) in [7, 11) is 0. The van der Waals surface area contributed by atoms with Crippen molar-refractivity contribution in [1.29, 1.82) is 0 Å². The Kier molecular flexibility index (Phi) is 2.30. The topological polar surface area (TPSA) is 90.2 Å². The highest BCUT2D eigenvalue weighted by Crippen LogP contribution is 2.26. The van der Waals surface area contributed by atoms with Gasteiger partial charge in [-0.3, -0.25) is 4.79 Å². The van der Waals surface area contributed by atoms with E-state index in [1.165, 1.54) is 20.8 Å². The van der Waals surface area contributed by atoms with Gasteiger partial charge < -0.3 is 18.3 Å². The first kappa shape index (κ1) is 11.4. The molecule has 90 valence electrons. The van der Waals surface area contributed by atoms with Gasteiger partial charge in [0, 0.05) is 6.92 Å². The summed E-state index contributed by atoms with van der Waals surface area (Å²) in [6.45, 7) is 1.39. The van der Waals surface area contributed by atoms with E-state index < -0.39 is 18.9 Å².